The Labute approximate surface area is 157 Å². The van der Waals surface area contributed by atoms with Gasteiger partial charge in [0.05, 0.1) is 26.3 Å². The normalized spacial score (nSPS) is 16.5. The molecule has 1 aliphatic carbocycles. The SMILES string of the molecule is O=C(OCc1ccccn1)C1(Cc2nc3ccccc3s2)CCCCC1. The van der Waals surface area contributed by atoms with Gasteiger partial charge in [0.15, 0.2) is 0 Å². The first kappa shape index (κ1) is 17.2. The molecular weight excluding hydrogens is 344 g/mol. The van der Waals surface area contributed by atoms with E-state index in [0.29, 0.717) is 6.42 Å². The van der Waals surface area contributed by atoms with Gasteiger partial charge in [-0.25, -0.2) is 4.98 Å². The monoisotopic (exact) mass is 366 g/mol. The maximum Gasteiger partial charge on any atom is 0.312 e. The molecule has 0 N–H and O–H groups in total. The molecule has 0 radical (unpaired) electrons. The third kappa shape index (κ3) is 3.63. The predicted molar refractivity (Wildman–Crippen MR) is 103 cm³/mol. The summed E-state index contributed by atoms with van der Waals surface area (Å²) in [5.41, 5.74) is 1.35. The first-order valence-corrected chi connectivity index (χ1v) is 9.98. The second-order valence-corrected chi connectivity index (χ2v) is 8.11. The number of nitrogens with zero attached hydrogens (tertiary/aromatic N) is 2. The molecule has 2 heterocycles. The topological polar surface area (TPSA) is 52.1 Å². The Morgan fingerprint density at radius 3 is 2.65 bits per heavy atom. The molecule has 1 fully saturated rings. The van der Waals surface area contributed by atoms with Crippen LogP contribution in [0.25, 0.3) is 10.2 Å². The van der Waals surface area contributed by atoms with Gasteiger partial charge in [-0.2, -0.15) is 0 Å². The summed E-state index contributed by atoms with van der Waals surface area (Å²) >= 11 is 1.69. The lowest BCUT2D eigenvalue weighted by atomic mass is 9.72. The molecule has 0 spiro atoms. The molecule has 0 aliphatic heterocycles. The molecule has 3 aromatic rings. The lowest BCUT2D eigenvalue weighted by Crippen LogP contribution is -2.37. The highest BCUT2D eigenvalue weighted by atomic mass is 32.1. The van der Waals surface area contributed by atoms with Crippen LogP contribution in [0.2, 0.25) is 0 Å². The number of para-hydroxylation sites is 1. The van der Waals surface area contributed by atoms with E-state index in [9.17, 15) is 4.79 Å². The quantitative estimate of drug-likeness (QED) is 0.601. The van der Waals surface area contributed by atoms with Crippen LogP contribution in [-0.4, -0.2) is 15.9 Å². The Balaban J connectivity index is 1.53. The number of aromatic nitrogens is 2. The van der Waals surface area contributed by atoms with E-state index in [2.05, 4.69) is 11.1 Å². The summed E-state index contributed by atoms with van der Waals surface area (Å²) in [6.07, 6.45) is 7.49. The van der Waals surface area contributed by atoms with Crippen molar-refractivity contribution in [1.29, 1.82) is 0 Å². The van der Waals surface area contributed by atoms with Crippen LogP contribution in [0.3, 0.4) is 0 Å². The summed E-state index contributed by atoms with van der Waals surface area (Å²) in [4.78, 5) is 22.0. The number of hydrogen-bond acceptors (Lipinski definition) is 5. The van der Waals surface area contributed by atoms with Gasteiger partial charge < -0.3 is 4.74 Å². The number of carbonyl (C=O) groups is 1. The highest BCUT2D eigenvalue weighted by Crippen LogP contribution is 2.41. The van der Waals surface area contributed by atoms with Crippen molar-refractivity contribution in [3.05, 3.63) is 59.4 Å². The van der Waals surface area contributed by atoms with Crippen molar-refractivity contribution in [2.24, 2.45) is 5.41 Å². The van der Waals surface area contributed by atoms with Gasteiger partial charge in [-0.15, -0.1) is 11.3 Å². The number of hydrogen-bond donors (Lipinski definition) is 0. The van der Waals surface area contributed by atoms with E-state index < -0.39 is 5.41 Å². The minimum atomic E-state index is -0.444. The zero-order chi connectivity index (χ0) is 17.8. The van der Waals surface area contributed by atoms with Gasteiger partial charge in [0, 0.05) is 12.6 Å². The van der Waals surface area contributed by atoms with E-state index in [0.717, 1.165) is 41.9 Å². The van der Waals surface area contributed by atoms with Gasteiger partial charge >= 0.3 is 5.97 Å². The van der Waals surface area contributed by atoms with Crippen molar-refractivity contribution in [2.75, 3.05) is 0 Å². The Bertz CT molecular complexity index is 852. The molecular formula is C21H22N2O2S. The molecule has 26 heavy (non-hydrogen) atoms. The van der Waals surface area contributed by atoms with E-state index in [1.807, 2.05) is 36.4 Å². The van der Waals surface area contributed by atoms with E-state index in [4.69, 9.17) is 9.72 Å². The predicted octanol–water partition coefficient (Wildman–Crippen LogP) is 4.93. The van der Waals surface area contributed by atoms with Crippen molar-refractivity contribution in [2.45, 2.75) is 45.1 Å². The average Bonchev–Trinajstić information content (AvgIpc) is 3.09. The summed E-state index contributed by atoms with van der Waals surface area (Å²) in [5.74, 6) is -0.0953. The molecule has 0 atom stereocenters. The number of rotatable bonds is 5. The molecule has 0 amide bonds. The summed E-state index contributed by atoms with van der Waals surface area (Å²) in [5, 5.41) is 1.03. The standard InChI is InChI=1S/C21H22N2O2S/c24-20(25-15-16-8-4-7-13-22-16)21(11-5-1-6-12-21)14-19-23-17-9-2-3-10-18(17)26-19/h2-4,7-10,13H,1,5-6,11-12,14-15H2. The Kier molecular flexibility index (Phi) is 4.98. The Morgan fingerprint density at radius 1 is 1.08 bits per heavy atom. The van der Waals surface area contributed by atoms with Crippen molar-refractivity contribution in [3.8, 4) is 0 Å². The second-order valence-electron chi connectivity index (χ2n) is 6.99. The fraction of sp³-hybridized carbons (Fsp3) is 0.381. The van der Waals surface area contributed by atoms with Gasteiger partial charge in [-0.05, 0) is 37.1 Å². The van der Waals surface area contributed by atoms with Gasteiger partial charge in [-0.3, -0.25) is 9.78 Å². The Morgan fingerprint density at radius 2 is 1.88 bits per heavy atom. The largest absolute Gasteiger partial charge is 0.459 e. The number of carbonyl (C=O) groups excluding carboxylic acids is 1. The van der Waals surface area contributed by atoms with E-state index in [1.165, 1.54) is 11.1 Å². The molecule has 0 bridgehead atoms. The van der Waals surface area contributed by atoms with Crippen molar-refractivity contribution >= 4 is 27.5 Å². The van der Waals surface area contributed by atoms with Crippen LogP contribution in [0.15, 0.2) is 48.7 Å². The molecule has 0 unspecified atom stereocenters. The van der Waals surface area contributed by atoms with Crippen LogP contribution in [0.5, 0.6) is 0 Å². The minimum Gasteiger partial charge on any atom is -0.459 e. The molecule has 134 valence electrons. The smallest absolute Gasteiger partial charge is 0.312 e. The first-order valence-electron chi connectivity index (χ1n) is 9.17. The maximum absolute atomic E-state index is 13.0. The molecule has 2 aromatic heterocycles. The first-order chi connectivity index (χ1) is 12.8. The number of ether oxygens (including phenoxy) is 1. The highest BCUT2D eigenvalue weighted by Gasteiger charge is 2.42. The summed E-state index contributed by atoms with van der Waals surface area (Å²) in [7, 11) is 0. The van der Waals surface area contributed by atoms with E-state index >= 15 is 0 Å². The number of esters is 1. The van der Waals surface area contributed by atoms with Crippen molar-refractivity contribution in [3.63, 3.8) is 0 Å². The third-order valence-electron chi connectivity index (χ3n) is 5.15. The van der Waals surface area contributed by atoms with Crippen LogP contribution < -0.4 is 0 Å². The van der Waals surface area contributed by atoms with Gasteiger partial charge in [-0.1, -0.05) is 37.5 Å². The maximum atomic E-state index is 13.0. The molecule has 4 nitrogen and oxygen atoms in total. The number of benzene rings is 1. The highest BCUT2D eigenvalue weighted by molar-refractivity contribution is 7.18. The zero-order valence-electron chi connectivity index (χ0n) is 14.7. The Hall–Kier alpha value is -2.27. The zero-order valence-corrected chi connectivity index (χ0v) is 15.5. The fourth-order valence-corrected chi connectivity index (χ4v) is 4.85. The van der Waals surface area contributed by atoms with Crippen LogP contribution in [0.4, 0.5) is 0 Å². The summed E-state index contributed by atoms with van der Waals surface area (Å²) in [6.45, 7) is 0.237. The van der Waals surface area contributed by atoms with Crippen LogP contribution in [0.1, 0.15) is 42.8 Å². The lowest BCUT2D eigenvalue weighted by molar-refractivity contribution is -0.159. The second kappa shape index (κ2) is 7.54. The lowest BCUT2D eigenvalue weighted by Gasteiger charge is -2.34. The van der Waals surface area contributed by atoms with Crippen LogP contribution >= 0.6 is 11.3 Å². The average molecular weight is 366 g/mol. The van der Waals surface area contributed by atoms with Crippen LogP contribution in [-0.2, 0) is 22.6 Å². The van der Waals surface area contributed by atoms with Gasteiger partial charge in [0.1, 0.15) is 6.61 Å². The van der Waals surface area contributed by atoms with E-state index in [-0.39, 0.29) is 12.6 Å². The number of pyridine rings is 1. The molecule has 1 aromatic carbocycles. The van der Waals surface area contributed by atoms with E-state index in [1.54, 1.807) is 17.5 Å². The summed E-state index contributed by atoms with van der Waals surface area (Å²) in [6, 6.07) is 13.8. The molecule has 0 saturated heterocycles. The third-order valence-corrected chi connectivity index (χ3v) is 6.19. The molecule has 1 saturated carbocycles. The minimum absolute atomic E-state index is 0.0953. The van der Waals surface area contributed by atoms with Crippen LogP contribution in [0, 0.1) is 5.41 Å². The van der Waals surface area contributed by atoms with Gasteiger partial charge in [0.25, 0.3) is 0 Å². The molecule has 1 aliphatic rings. The summed E-state index contributed by atoms with van der Waals surface area (Å²) < 4.78 is 6.87. The molecule has 4 rings (SSSR count). The molecule has 5 heteroatoms. The van der Waals surface area contributed by atoms with Crippen molar-refractivity contribution in [1.82, 2.24) is 9.97 Å². The number of thiazole rings is 1. The van der Waals surface area contributed by atoms with Crippen molar-refractivity contribution < 1.29 is 9.53 Å². The fourth-order valence-electron chi connectivity index (χ4n) is 3.74. The number of fused-ring (bicyclic) bond motifs is 1. The van der Waals surface area contributed by atoms with Gasteiger partial charge in [0.2, 0.25) is 0 Å².